The monoisotopic (exact) mass is 297 g/mol. The van der Waals surface area contributed by atoms with Crippen LogP contribution in [0.2, 0.25) is 0 Å². The standard InChI is InChI=1S/C17H23N5/c1-16(2,3)21-11-10-18-15(21)12-17(4,5)22-19-13-8-6-7-9-14(13)20-22/h6-11H,12H2,1-5H3. The van der Waals surface area contributed by atoms with Crippen LogP contribution in [-0.4, -0.2) is 24.5 Å². The van der Waals surface area contributed by atoms with E-state index in [1.807, 2.05) is 41.5 Å². The number of nitrogens with zero attached hydrogens (tertiary/aromatic N) is 5. The molecule has 1 aromatic carbocycles. The molecule has 0 fully saturated rings. The van der Waals surface area contributed by atoms with Crippen LogP contribution in [0.3, 0.4) is 0 Å². The van der Waals surface area contributed by atoms with Crippen molar-refractivity contribution in [3.8, 4) is 0 Å². The van der Waals surface area contributed by atoms with Crippen molar-refractivity contribution < 1.29 is 0 Å². The number of imidazole rings is 1. The molecule has 0 amide bonds. The molecule has 116 valence electrons. The average molecular weight is 297 g/mol. The second kappa shape index (κ2) is 4.93. The molecule has 0 spiro atoms. The van der Waals surface area contributed by atoms with Gasteiger partial charge in [-0.1, -0.05) is 12.1 Å². The second-order valence-corrected chi connectivity index (χ2v) is 7.35. The van der Waals surface area contributed by atoms with Crippen molar-refractivity contribution in [3.63, 3.8) is 0 Å². The minimum absolute atomic E-state index is 0.0180. The van der Waals surface area contributed by atoms with E-state index < -0.39 is 0 Å². The number of aromatic nitrogens is 5. The summed E-state index contributed by atoms with van der Waals surface area (Å²) in [6, 6.07) is 7.96. The molecule has 0 saturated carbocycles. The van der Waals surface area contributed by atoms with Gasteiger partial charge in [-0.25, -0.2) is 4.98 Å². The van der Waals surface area contributed by atoms with Crippen molar-refractivity contribution in [2.75, 3.05) is 0 Å². The molecule has 0 N–H and O–H groups in total. The summed E-state index contributed by atoms with van der Waals surface area (Å²) in [4.78, 5) is 6.36. The molecule has 3 rings (SSSR count). The minimum atomic E-state index is -0.243. The fourth-order valence-electron chi connectivity index (χ4n) is 2.66. The predicted molar refractivity (Wildman–Crippen MR) is 87.8 cm³/mol. The molecule has 5 nitrogen and oxygen atoms in total. The van der Waals surface area contributed by atoms with Crippen molar-refractivity contribution in [2.24, 2.45) is 0 Å². The number of benzene rings is 1. The molecule has 0 saturated heterocycles. The maximum absolute atomic E-state index is 4.63. The van der Waals surface area contributed by atoms with Gasteiger partial charge in [-0.05, 0) is 46.8 Å². The van der Waals surface area contributed by atoms with Gasteiger partial charge in [0.05, 0.1) is 5.54 Å². The van der Waals surface area contributed by atoms with Crippen LogP contribution in [0.4, 0.5) is 0 Å². The summed E-state index contributed by atoms with van der Waals surface area (Å²) in [7, 11) is 0. The molecular formula is C17H23N5. The van der Waals surface area contributed by atoms with Crippen molar-refractivity contribution in [1.29, 1.82) is 0 Å². The van der Waals surface area contributed by atoms with E-state index in [2.05, 4.69) is 54.4 Å². The van der Waals surface area contributed by atoms with Gasteiger partial charge >= 0.3 is 0 Å². The Hall–Kier alpha value is -2.17. The molecule has 3 aromatic rings. The van der Waals surface area contributed by atoms with E-state index in [-0.39, 0.29) is 11.1 Å². The van der Waals surface area contributed by atoms with Gasteiger partial charge in [0.15, 0.2) is 0 Å². The van der Waals surface area contributed by atoms with E-state index in [1.165, 1.54) is 0 Å². The lowest BCUT2D eigenvalue weighted by Gasteiger charge is -2.28. The van der Waals surface area contributed by atoms with Crippen LogP contribution in [0.1, 0.15) is 40.4 Å². The van der Waals surface area contributed by atoms with Gasteiger partial charge < -0.3 is 4.57 Å². The topological polar surface area (TPSA) is 48.5 Å². The van der Waals surface area contributed by atoms with E-state index in [1.54, 1.807) is 0 Å². The molecule has 0 aliphatic heterocycles. The highest BCUT2D eigenvalue weighted by Crippen LogP contribution is 2.24. The zero-order valence-electron chi connectivity index (χ0n) is 13.9. The first kappa shape index (κ1) is 14.8. The number of hydrogen-bond acceptors (Lipinski definition) is 3. The van der Waals surface area contributed by atoms with Gasteiger partial charge in [-0.3, -0.25) is 0 Å². The van der Waals surface area contributed by atoms with Crippen LogP contribution < -0.4 is 0 Å². The molecule has 5 heteroatoms. The lowest BCUT2D eigenvalue weighted by Crippen LogP contribution is -2.34. The van der Waals surface area contributed by atoms with Gasteiger partial charge in [-0.15, -0.1) is 0 Å². The van der Waals surface area contributed by atoms with Crippen LogP contribution in [0.5, 0.6) is 0 Å². The second-order valence-electron chi connectivity index (χ2n) is 7.35. The quantitative estimate of drug-likeness (QED) is 0.745. The molecule has 2 heterocycles. The van der Waals surface area contributed by atoms with Gasteiger partial charge in [0.25, 0.3) is 0 Å². The third-order valence-electron chi connectivity index (χ3n) is 3.86. The summed E-state index contributed by atoms with van der Waals surface area (Å²) >= 11 is 0. The maximum Gasteiger partial charge on any atom is 0.113 e. The Balaban J connectivity index is 1.95. The third kappa shape index (κ3) is 2.63. The summed E-state index contributed by atoms with van der Waals surface area (Å²) in [6.07, 6.45) is 4.68. The number of rotatable bonds is 3. The Morgan fingerprint density at radius 1 is 0.955 bits per heavy atom. The largest absolute Gasteiger partial charge is 0.330 e. The van der Waals surface area contributed by atoms with Crippen molar-refractivity contribution in [1.82, 2.24) is 24.5 Å². The van der Waals surface area contributed by atoms with Crippen molar-refractivity contribution in [2.45, 2.75) is 52.1 Å². The highest BCUT2D eigenvalue weighted by atomic mass is 15.5. The normalized spacial score (nSPS) is 13.0. The molecular weight excluding hydrogens is 274 g/mol. The van der Waals surface area contributed by atoms with Crippen molar-refractivity contribution >= 4 is 11.0 Å². The van der Waals surface area contributed by atoms with Crippen LogP contribution in [-0.2, 0) is 17.5 Å². The third-order valence-corrected chi connectivity index (χ3v) is 3.86. The molecule has 0 unspecified atom stereocenters. The summed E-state index contributed by atoms with van der Waals surface area (Å²) in [6.45, 7) is 10.9. The molecule has 0 radical (unpaired) electrons. The Morgan fingerprint density at radius 3 is 2.09 bits per heavy atom. The fraction of sp³-hybridized carbons (Fsp3) is 0.471. The Kier molecular flexibility index (Phi) is 3.31. The lowest BCUT2D eigenvalue weighted by molar-refractivity contribution is 0.264. The summed E-state index contributed by atoms with van der Waals surface area (Å²) in [5.74, 6) is 1.05. The first-order valence-corrected chi connectivity index (χ1v) is 7.63. The zero-order valence-corrected chi connectivity index (χ0v) is 13.9. The van der Waals surface area contributed by atoms with E-state index in [4.69, 9.17) is 0 Å². The lowest BCUT2D eigenvalue weighted by atomic mass is 10.00. The maximum atomic E-state index is 4.63. The molecule has 22 heavy (non-hydrogen) atoms. The molecule has 0 bridgehead atoms. The van der Waals surface area contributed by atoms with E-state index in [0.717, 1.165) is 23.3 Å². The molecule has 0 aliphatic rings. The van der Waals surface area contributed by atoms with E-state index >= 15 is 0 Å². The van der Waals surface area contributed by atoms with Crippen LogP contribution >= 0.6 is 0 Å². The molecule has 0 aliphatic carbocycles. The highest BCUT2D eigenvalue weighted by molar-refractivity contribution is 5.73. The van der Waals surface area contributed by atoms with Crippen LogP contribution in [0.25, 0.3) is 11.0 Å². The average Bonchev–Trinajstić information content (AvgIpc) is 3.03. The zero-order chi connectivity index (χ0) is 16.0. The summed E-state index contributed by atoms with van der Waals surface area (Å²) in [5, 5.41) is 9.25. The van der Waals surface area contributed by atoms with E-state index in [0.29, 0.717) is 0 Å². The van der Waals surface area contributed by atoms with Crippen LogP contribution in [0, 0.1) is 0 Å². The van der Waals surface area contributed by atoms with Crippen molar-refractivity contribution in [3.05, 3.63) is 42.5 Å². The highest BCUT2D eigenvalue weighted by Gasteiger charge is 2.28. The van der Waals surface area contributed by atoms with E-state index in [9.17, 15) is 0 Å². The van der Waals surface area contributed by atoms with Gasteiger partial charge in [0.1, 0.15) is 16.9 Å². The first-order valence-electron chi connectivity index (χ1n) is 7.63. The molecule has 2 aromatic heterocycles. The Bertz CT molecular complexity index is 756. The number of fused-ring (bicyclic) bond motifs is 1. The van der Waals surface area contributed by atoms with Gasteiger partial charge in [0.2, 0.25) is 0 Å². The molecule has 0 atom stereocenters. The Labute approximate surface area is 131 Å². The van der Waals surface area contributed by atoms with Gasteiger partial charge in [-0.2, -0.15) is 15.0 Å². The minimum Gasteiger partial charge on any atom is -0.330 e. The number of hydrogen-bond donors (Lipinski definition) is 0. The summed E-state index contributed by atoms with van der Waals surface area (Å²) < 4.78 is 2.22. The van der Waals surface area contributed by atoms with Crippen LogP contribution in [0.15, 0.2) is 36.7 Å². The van der Waals surface area contributed by atoms with Gasteiger partial charge in [0, 0.05) is 24.4 Å². The summed E-state index contributed by atoms with van der Waals surface area (Å²) in [5.41, 5.74) is 1.63. The fourth-order valence-corrected chi connectivity index (χ4v) is 2.66. The smallest absolute Gasteiger partial charge is 0.113 e. The SMILES string of the molecule is CC(C)(C)n1ccnc1CC(C)(C)n1nc2ccccc2n1. The predicted octanol–water partition coefficient (Wildman–Crippen LogP) is 3.36. The Morgan fingerprint density at radius 2 is 1.55 bits per heavy atom. The first-order chi connectivity index (χ1) is 10.3.